The van der Waals surface area contributed by atoms with Crippen molar-refractivity contribution in [1.82, 2.24) is 9.97 Å². The SMILES string of the molecule is N#CCN(CC#N)c1ncnc(Nc2cccc([N+](=O)[O-])c2)c1[N+](=O)[O-]. The van der Waals surface area contributed by atoms with Crippen molar-refractivity contribution < 1.29 is 9.85 Å². The second-order valence-electron chi connectivity index (χ2n) is 4.76. The number of nitriles is 2. The molecule has 0 aliphatic carbocycles. The van der Waals surface area contributed by atoms with Crippen molar-refractivity contribution in [2.24, 2.45) is 0 Å². The van der Waals surface area contributed by atoms with Gasteiger partial charge in [0, 0.05) is 17.8 Å². The number of aromatic nitrogens is 2. The average Bonchev–Trinajstić information content (AvgIpc) is 2.61. The standard InChI is InChI=1S/C14H10N8O4/c15-4-6-20(7-5-16)14-12(22(25)26)13(17-9-18-14)19-10-2-1-3-11(8-10)21(23)24/h1-3,8-9H,6-7H2,(H,17,18,19). The number of hydrogen-bond acceptors (Lipinski definition) is 10. The summed E-state index contributed by atoms with van der Waals surface area (Å²) in [5.41, 5.74) is -0.550. The summed E-state index contributed by atoms with van der Waals surface area (Å²) >= 11 is 0. The van der Waals surface area contributed by atoms with Crippen LogP contribution >= 0.6 is 0 Å². The molecule has 130 valence electrons. The van der Waals surface area contributed by atoms with E-state index in [1.165, 1.54) is 24.3 Å². The molecule has 0 saturated carbocycles. The van der Waals surface area contributed by atoms with Gasteiger partial charge < -0.3 is 10.2 Å². The van der Waals surface area contributed by atoms with Crippen molar-refractivity contribution in [2.45, 2.75) is 0 Å². The predicted octanol–water partition coefficient (Wildman–Crippen LogP) is 1.89. The van der Waals surface area contributed by atoms with Gasteiger partial charge in [-0.1, -0.05) is 6.07 Å². The molecule has 0 spiro atoms. The first-order valence-corrected chi connectivity index (χ1v) is 6.97. The Morgan fingerprint density at radius 3 is 2.38 bits per heavy atom. The minimum Gasteiger partial charge on any atom is -0.334 e. The molecule has 0 bridgehead atoms. The fourth-order valence-electron chi connectivity index (χ4n) is 2.07. The molecule has 0 saturated heterocycles. The molecule has 12 heteroatoms. The minimum absolute atomic E-state index is 0.206. The number of non-ortho nitro benzene ring substituents is 1. The first kappa shape index (κ1) is 18.0. The number of nitrogens with one attached hydrogen (secondary N) is 1. The van der Waals surface area contributed by atoms with Crippen LogP contribution in [0.4, 0.5) is 28.7 Å². The molecule has 0 aliphatic heterocycles. The highest BCUT2D eigenvalue weighted by atomic mass is 16.6. The summed E-state index contributed by atoms with van der Waals surface area (Å²) in [6, 6.07) is 8.95. The molecule has 0 radical (unpaired) electrons. The molecule has 2 aromatic rings. The Balaban J connectivity index is 2.50. The summed E-state index contributed by atoms with van der Waals surface area (Å²) in [5, 5.41) is 42.7. The summed E-state index contributed by atoms with van der Waals surface area (Å²) in [4.78, 5) is 29.7. The lowest BCUT2D eigenvalue weighted by Gasteiger charge is -2.17. The molecular weight excluding hydrogens is 344 g/mol. The van der Waals surface area contributed by atoms with E-state index in [1.54, 1.807) is 12.1 Å². The molecule has 0 unspecified atom stereocenters. The van der Waals surface area contributed by atoms with Gasteiger partial charge in [0.15, 0.2) is 0 Å². The lowest BCUT2D eigenvalue weighted by atomic mass is 10.2. The maximum absolute atomic E-state index is 11.5. The number of nitrogens with zero attached hydrogens (tertiary/aromatic N) is 7. The van der Waals surface area contributed by atoms with Crippen molar-refractivity contribution >= 4 is 28.7 Å². The van der Waals surface area contributed by atoms with Gasteiger partial charge in [-0.2, -0.15) is 10.5 Å². The van der Waals surface area contributed by atoms with Gasteiger partial charge in [0.05, 0.1) is 22.0 Å². The van der Waals surface area contributed by atoms with E-state index < -0.39 is 15.5 Å². The Kier molecular flexibility index (Phi) is 5.53. The molecule has 0 atom stereocenters. The van der Waals surface area contributed by atoms with E-state index in [2.05, 4.69) is 15.3 Å². The molecule has 0 fully saturated rings. The van der Waals surface area contributed by atoms with Crippen molar-refractivity contribution in [3.63, 3.8) is 0 Å². The Morgan fingerprint density at radius 1 is 1.12 bits per heavy atom. The first-order chi connectivity index (χ1) is 12.5. The molecule has 12 nitrogen and oxygen atoms in total. The zero-order valence-electron chi connectivity index (χ0n) is 13.1. The molecule has 2 rings (SSSR count). The zero-order valence-corrected chi connectivity index (χ0v) is 13.1. The van der Waals surface area contributed by atoms with Gasteiger partial charge in [-0.25, -0.2) is 9.97 Å². The summed E-state index contributed by atoms with van der Waals surface area (Å²) in [7, 11) is 0. The van der Waals surface area contributed by atoms with Crippen LogP contribution < -0.4 is 10.2 Å². The Hall–Kier alpha value is -4.32. The predicted molar refractivity (Wildman–Crippen MR) is 88.5 cm³/mol. The monoisotopic (exact) mass is 354 g/mol. The maximum atomic E-state index is 11.5. The van der Waals surface area contributed by atoms with Crippen molar-refractivity contribution in [3.05, 3.63) is 50.8 Å². The fraction of sp³-hybridized carbons (Fsp3) is 0.143. The zero-order chi connectivity index (χ0) is 19.1. The van der Waals surface area contributed by atoms with Crippen molar-refractivity contribution in [1.29, 1.82) is 10.5 Å². The third-order valence-corrected chi connectivity index (χ3v) is 3.13. The van der Waals surface area contributed by atoms with Crippen LogP contribution in [0.2, 0.25) is 0 Å². The highest BCUT2D eigenvalue weighted by Crippen LogP contribution is 2.33. The Labute approximate surface area is 146 Å². The highest BCUT2D eigenvalue weighted by molar-refractivity contribution is 5.75. The lowest BCUT2D eigenvalue weighted by molar-refractivity contribution is -0.384. The van der Waals surface area contributed by atoms with Gasteiger partial charge in [0.25, 0.3) is 5.69 Å². The van der Waals surface area contributed by atoms with Crippen LogP contribution in [0.5, 0.6) is 0 Å². The van der Waals surface area contributed by atoms with Gasteiger partial charge in [0.2, 0.25) is 11.6 Å². The van der Waals surface area contributed by atoms with Crippen LogP contribution in [-0.4, -0.2) is 32.9 Å². The van der Waals surface area contributed by atoms with Gasteiger partial charge >= 0.3 is 5.69 Å². The molecule has 1 aromatic heterocycles. The summed E-state index contributed by atoms with van der Waals surface area (Å²) in [6.07, 6.45) is 1.03. The third kappa shape index (κ3) is 3.95. The van der Waals surface area contributed by atoms with E-state index in [4.69, 9.17) is 10.5 Å². The molecule has 1 aromatic carbocycles. The highest BCUT2D eigenvalue weighted by Gasteiger charge is 2.27. The van der Waals surface area contributed by atoms with Gasteiger partial charge in [-0.05, 0) is 6.07 Å². The van der Waals surface area contributed by atoms with E-state index in [-0.39, 0.29) is 36.1 Å². The van der Waals surface area contributed by atoms with Crippen LogP contribution in [-0.2, 0) is 0 Å². The Morgan fingerprint density at radius 2 is 1.81 bits per heavy atom. The number of anilines is 3. The fourth-order valence-corrected chi connectivity index (χ4v) is 2.07. The van der Waals surface area contributed by atoms with Crippen LogP contribution in [0.3, 0.4) is 0 Å². The lowest BCUT2D eigenvalue weighted by Crippen LogP contribution is -2.26. The summed E-state index contributed by atoms with van der Waals surface area (Å²) in [5.74, 6) is -0.428. The van der Waals surface area contributed by atoms with Crippen LogP contribution in [0, 0.1) is 42.9 Å². The number of rotatable bonds is 7. The van der Waals surface area contributed by atoms with Gasteiger partial charge in [-0.15, -0.1) is 0 Å². The van der Waals surface area contributed by atoms with Gasteiger partial charge in [-0.3, -0.25) is 20.2 Å². The van der Waals surface area contributed by atoms with Gasteiger partial charge in [0.1, 0.15) is 19.4 Å². The smallest absolute Gasteiger partial charge is 0.334 e. The second-order valence-corrected chi connectivity index (χ2v) is 4.76. The van der Waals surface area contributed by atoms with Crippen LogP contribution in [0.1, 0.15) is 0 Å². The quantitative estimate of drug-likeness (QED) is 0.439. The van der Waals surface area contributed by atoms with Crippen molar-refractivity contribution in [2.75, 3.05) is 23.3 Å². The molecular formula is C14H10N8O4. The topological polar surface area (TPSA) is 175 Å². The molecule has 1 heterocycles. The van der Waals surface area contributed by atoms with E-state index in [9.17, 15) is 20.2 Å². The molecule has 26 heavy (non-hydrogen) atoms. The van der Waals surface area contributed by atoms with E-state index in [0.717, 1.165) is 11.2 Å². The average molecular weight is 354 g/mol. The minimum atomic E-state index is -0.753. The van der Waals surface area contributed by atoms with E-state index >= 15 is 0 Å². The van der Waals surface area contributed by atoms with E-state index in [1.807, 2.05) is 0 Å². The Bertz CT molecular complexity index is 917. The number of nitro groups is 2. The molecule has 0 aliphatic rings. The van der Waals surface area contributed by atoms with Crippen LogP contribution in [0.15, 0.2) is 30.6 Å². The van der Waals surface area contributed by atoms with Crippen LogP contribution in [0.25, 0.3) is 0 Å². The molecule has 0 amide bonds. The second kappa shape index (κ2) is 7.98. The first-order valence-electron chi connectivity index (χ1n) is 6.97. The normalized spacial score (nSPS) is 9.62. The number of hydrogen-bond donors (Lipinski definition) is 1. The third-order valence-electron chi connectivity index (χ3n) is 3.13. The van der Waals surface area contributed by atoms with Crippen molar-refractivity contribution in [3.8, 4) is 12.1 Å². The summed E-state index contributed by atoms with van der Waals surface area (Å²) in [6.45, 7) is -0.580. The van der Waals surface area contributed by atoms with E-state index in [0.29, 0.717) is 0 Å². The maximum Gasteiger partial charge on any atom is 0.353 e. The summed E-state index contributed by atoms with van der Waals surface area (Å²) < 4.78 is 0. The largest absolute Gasteiger partial charge is 0.353 e. The molecule has 1 N–H and O–H groups in total. The number of nitro benzene ring substituents is 1. The number of benzene rings is 1.